The first-order valence-electron chi connectivity index (χ1n) is 8.70. The molecule has 0 saturated heterocycles. The fourth-order valence-electron chi connectivity index (χ4n) is 2.82. The fourth-order valence-corrected chi connectivity index (χ4v) is 5.21. The van der Waals surface area contributed by atoms with Gasteiger partial charge in [0, 0.05) is 5.69 Å². The van der Waals surface area contributed by atoms with Gasteiger partial charge >= 0.3 is 6.03 Å². The highest BCUT2D eigenvalue weighted by Gasteiger charge is 2.20. The van der Waals surface area contributed by atoms with E-state index in [1.807, 2.05) is 0 Å². The first-order valence-corrected chi connectivity index (χ1v) is 11.4. The van der Waals surface area contributed by atoms with Gasteiger partial charge in [0.1, 0.15) is 22.2 Å². The lowest BCUT2D eigenvalue weighted by atomic mass is 10.2. The van der Waals surface area contributed by atoms with Crippen LogP contribution < -0.4 is 15.6 Å². The molecule has 2 N–H and O–H groups in total. The highest BCUT2D eigenvalue weighted by atomic mass is 35.5. The van der Waals surface area contributed by atoms with Crippen molar-refractivity contribution in [3.05, 3.63) is 81.2 Å². The number of thiophene rings is 1. The zero-order chi connectivity index (χ0) is 23.0. The van der Waals surface area contributed by atoms with Gasteiger partial charge in [-0.3, -0.25) is 9.36 Å². The molecule has 0 atom stereocenters. The quantitative estimate of drug-likeness (QED) is 0.445. The first kappa shape index (κ1) is 21.9. The van der Waals surface area contributed by atoms with Crippen molar-refractivity contribution in [3.63, 3.8) is 0 Å². The number of rotatable bonds is 4. The number of carbonyl (C=O) groups is 1. The molecule has 13 heteroatoms. The summed E-state index contributed by atoms with van der Waals surface area (Å²) in [6.07, 6.45) is 1.10. The molecule has 2 aromatic carbocycles. The Hall–Kier alpha value is -3.35. The summed E-state index contributed by atoms with van der Waals surface area (Å²) in [6, 6.07) is 8.30. The number of urea groups is 1. The van der Waals surface area contributed by atoms with Crippen LogP contribution in [0.4, 0.5) is 19.3 Å². The first-order chi connectivity index (χ1) is 15.1. The molecule has 2 amide bonds. The molecule has 2 heterocycles. The second-order valence-electron chi connectivity index (χ2n) is 6.37. The summed E-state index contributed by atoms with van der Waals surface area (Å²) < 4.78 is 55.2. The van der Waals surface area contributed by atoms with Crippen molar-refractivity contribution in [2.24, 2.45) is 0 Å². The van der Waals surface area contributed by atoms with Gasteiger partial charge in [0.15, 0.2) is 0 Å². The second kappa shape index (κ2) is 8.30. The number of halogens is 3. The Bertz CT molecular complexity index is 1540. The summed E-state index contributed by atoms with van der Waals surface area (Å²) >= 11 is 6.46. The largest absolute Gasteiger partial charge is 0.333 e. The predicted molar refractivity (Wildman–Crippen MR) is 116 cm³/mol. The van der Waals surface area contributed by atoms with Crippen LogP contribution in [0.5, 0.6) is 0 Å². The summed E-state index contributed by atoms with van der Waals surface area (Å²) in [7, 11) is -4.16. The molecule has 0 radical (unpaired) electrons. The van der Waals surface area contributed by atoms with E-state index in [9.17, 15) is 26.8 Å². The maximum absolute atomic E-state index is 14.7. The van der Waals surface area contributed by atoms with Gasteiger partial charge in [0.2, 0.25) is 0 Å². The number of anilines is 1. The van der Waals surface area contributed by atoms with Crippen molar-refractivity contribution in [1.82, 2.24) is 14.3 Å². The Morgan fingerprint density at radius 2 is 1.88 bits per heavy atom. The minimum absolute atomic E-state index is 0.0348. The minimum Gasteiger partial charge on any atom is -0.307 e. The van der Waals surface area contributed by atoms with E-state index in [2.05, 4.69) is 10.3 Å². The Kier molecular flexibility index (Phi) is 5.67. The number of sulfonamides is 1. The summed E-state index contributed by atoms with van der Waals surface area (Å²) in [5.41, 5.74) is -0.708. The smallest absolute Gasteiger partial charge is 0.307 e. The zero-order valence-corrected chi connectivity index (χ0v) is 18.1. The van der Waals surface area contributed by atoms with E-state index in [4.69, 9.17) is 11.6 Å². The number of aromatic nitrogens is 2. The van der Waals surface area contributed by atoms with Crippen LogP contribution in [0.2, 0.25) is 4.34 Å². The van der Waals surface area contributed by atoms with Gasteiger partial charge in [-0.15, -0.1) is 11.3 Å². The number of amides is 2. The molecule has 32 heavy (non-hydrogen) atoms. The summed E-state index contributed by atoms with van der Waals surface area (Å²) in [5, 5.41) is 2.16. The van der Waals surface area contributed by atoms with Gasteiger partial charge in [0.25, 0.3) is 15.6 Å². The Balaban J connectivity index is 1.58. The molecular formula is C19H11ClF2N4O4S2. The van der Waals surface area contributed by atoms with Crippen molar-refractivity contribution >= 4 is 55.6 Å². The average Bonchev–Trinajstić information content (AvgIpc) is 3.16. The molecular weight excluding hydrogens is 486 g/mol. The van der Waals surface area contributed by atoms with Crippen LogP contribution in [0.25, 0.3) is 16.6 Å². The van der Waals surface area contributed by atoms with Crippen LogP contribution in [0, 0.1) is 11.6 Å². The van der Waals surface area contributed by atoms with E-state index < -0.39 is 33.2 Å². The number of hydrogen-bond acceptors (Lipinski definition) is 6. The molecule has 4 aromatic rings. The number of nitrogens with zero attached hydrogens (tertiary/aromatic N) is 2. The Morgan fingerprint density at radius 1 is 1.09 bits per heavy atom. The fraction of sp³-hybridized carbons (Fsp3) is 0. The molecule has 0 spiro atoms. The number of nitrogens with one attached hydrogen (secondary N) is 2. The lowest BCUT2D eigenvalue weighted by Gasteiger charge is -2.11. The highest BCUT2D eigenvalue weighted by molar-refractivity contribution is 7.92. The monoisotopic (exact) mass is 496 g/mol. The van der Waals surface area contributed by atoms with Crippen molar-refractivity contribution in [3.8, 4) is 5.69 Å². The van der Waals surface area contributed by atoms with Crippen LogP contribution >= 0.6 is 22.9 Å². The van der Waals surface area contributed by atoms with Gasteiger partial charge in [0.05, 0.1) is 20.9 Å². The molecule has 8 nitrogen and oxygen atoms in total. The van der Waals surface area contributed by atoms with Crippen LogP contribution in [0.1, 0.15) is 0 Å². The lowest BCUT2D eigenvalue weighted by Crippen LogP contribution is -2.34. The van der Waals surface area contributed by atoms with Gasteiger partial charge in [-0.25, -0.2) is 31.7 Å². The van der Waals surface area contributed by atoms with Crippen LogP contribution in [-0.2, 0) is 10.0 Å². The van der Waals surface area contributed by atoms with Gasteiger partial charge < -0.3 is 5.32 Å². The number of benzene rings is 2. The van der Waals surface area contributed by atoms with Crippen molar-refractivity contribution in [2.75, 3.05) is 5.32 Å². The van der Waals surface area contributed by atoms with Gasteiger partial charge in [-0.05, 0) is 48.5 Å². The van der Waals surface area contributed by atoms with Gasteiger partial charge in [-0.1, -0.05) is 11.6 Å². The lowest BCUT2D eigenvalue weighted by molar-refractivity contribution is 0.256. The third-order valence-electron chi connectivity index (χ3n) is 4.23. The van der Waals surface area contributed by atoms with Crippen LogP contribution in [0.3, 0.4) is 0 Å². The molecule has 0 aliphatic carbocycles. The second-order valence-corrected chi connectivity index (χ2v) is 9.99. The highest BCUT2D eigenvalue weighted by Crippen LogP contribution is 2.25. The van der Waals surface area contributed by atoms with Crippen molar-refractivity contribution < 1.29 is 22.0 Å². The van der Waals surface area contributed by atoms with Crippen molar-refractivity contribution in [2.45, 2.75) is 4.21 Å². The van der Waals surface area contributed by atoms with E-state index in [1.165, 1.54) is 30.3 Å². The summed E-state index contributed by atoms with van der Waals surface area (Å²) in [6.45, 7) is 0. The summed E-state index contributed by atoms with van der Waals surface area (Å²) in [5.74, 6) is -1.55. The Labute approximate surface area is 188 Å². The molecule has 0 aliphatic heterocycles. The summed E-state index contributed by atoms with van der Waals surface area (Å²) in [4.78, 5) is 28.7. The van der Waals surface area contributed by atoms with E-state index in [0.717, 1.165) is 40.4 Å². The van der Waals surface area contributed by atoms with E-state index in [1.54, 1.807) is 4.72 Å². The topological polar surface area (TPSA) is 110 Å². The molecule has 0 aliphatic rings. The molecule has 0 saturated carbocycles. The number of fused-ring (bicyclic) bond motifs is 1. The van der Waals surface area contributed by atoms with E-state index in [0.29, 0.717) is 0 Å². The average molecular weight is 497 g/mol. The molecule has 0 bridgehead atoms. The van der Waals surface area contributed by atoms with E-state index in [-0.39, 0.29) is 30.8 Å². The third kappa shape index (κ3) is 4.33. The van der Waals surface area contributed by atoms with Crippen LogP contribution in [0.15, 0.2) is 63.9 Å². The molecule has 0 unspecified atom stereocenters. The molecule has 2 aromatic heterocycles. The SMILES string of the molecule is O=C(Nc1ccc(-n2cnc3ccc(F)cc3c2=O)c(F)c1)NS(=O)(=O)c1ccc(Cl)s1. The molecule has 0 fully saturated rings. The Morgan fingerprint density at radius 3 is 2.56 bits per heavy atom. The predicted octanol–water partition coefficient (Wildman–Crippen LogP) is 3.89. The standard InChI is InChI=1S/C19H11ClF2N4O4S2/c20-16-5-6-17(31-16)32(29,30)25-19(28)24-11-2-4-15(13(22)8-11)26-9-23-14-3-1-10(21)7-12(14)18(26)27/h1-9H,(H2,24,25,28). The third-order valence-corrected chi connectivity index (χ3v) is 7.28. The maximum Gasteiger partial charge on any atom is 0.333 e. The van der Waals surface area contributed by atoms with Crippen LogP contribution in [-0.4, -0.2) is 24.0 Å². The number of hydrogen-bond donors (Lipinski definition) is 2. The maximum atomic E-state index is 14.7. The molecule has 164 valence electrons. The van der Waals surface area contributed by atoms with Gasteiger partial charge in [-0.2, -0.15) is 0 Å². The normalized spacial score (nSPS) is 11.5. The molecule has 4 rings (SSSR count). The minimum atomic E-state index is -4.16. The van der Waals surface area contributed by atoms with Crippen molar-refractivity contribution in [1.29, 1.82) is 0 Å². The zero-order valence-electron chi connectivity index (χ0n) is 15.7. The van der Waals surface area contributed by atoms with E-state index >= 15 is 0 Å². The number of carbonyl (C=O) groups excluding carboxylic acids is 1.